The highest BCUT2D eigenvalue weighted by Gasteiger charge is 2.20. The van der Waals surface area contributed by atoms with Gasteiger partial charge in [-0.25, -0.2) is 8.42 Å². The fourth-order valence-corrected chi connectivity index (χ4v) is 5.82. The van der Waals surface area contributed by atoms with Gasteiger partial charge >= 0.3 is 0 Å². The molecule has 4 aromatic carbocycles. The van der Waals surface area contributed by atoms with E-state index in [1.54, 1.807) is 0 Å². The lowest BCUT2D eigenvalue weighted by molar-refractivity contribution is -0.617. The van der Waals surface area contributed by atoms with Gasteiger partial charge in [-0.1, -0.05) is 36.4 Å². The summed E-state index contributed by atoms with van der Waals surface area (Å²) in [5.41, 5.74) is 7.76. The second-order valence-electron chi connectivity index (χ2n) is 9.67. The number of aryl methyl sites for hydroxylation is 3. The first-order valence-electron chi connectivity index (χ1n) is 13.1. The highest BCUT2D eigenvalue weighted by molar-refractivity contribution is 7.85. The lowest BCUT2D eigenvalue weighted by Gasteiger charge is -2.23. The number of rotatable bonds is 6. The van der Waals surface area contributed by atoms with Gasteiger partial charge in [0.05, 0.1) is 22.3 Å². The highest BCUT2D eigenvalue weighted by Crippen LogP contribution is 2.36. The molecule has 1 heterocycles. The monoisotopic (exact) mass is 558 g/mol. The molecule has 8 heteroatoms. The van der Waals surface area contributed by atoms with Crippen LogP contribution in [-0.4, -0.2) is 42.9 Å². The number of phenols is 1. The molecule has 40 heavy (non-hydrogen) atoms. The summed E-state index contributed by atoms with van der Waals surface area (Å²) < 4.78 is 33.9. The lowest BCUT2D eigenvalue weighted by Crippen LogP contribution is -2.30. The van der Waals surface area contributed by atoms with Crippen molar-refractivity contribution in [1.82, 2.24) is 0 Å². The molecule has 5 rings (SSSR count). The van der Waals surface area contributed by atoms with Crippen LogP contribution in [0.25, 0.3) is 32.9 Å². The number of anilines is 1. The molecule has 0 bridgehead atoms. The highest BCUT2D eigenvalue weighted by atomic mass is 32.2. The first kappa shape index (κ1) is 29.0. The molecule has 2 N–H and O–H groups in total. The first-order chi connectivity index (χ1) is 19.1. The maximum absolute atomic E-state index is 10.5. The fourth-order valence-electron chi connectivity index (χ4n) is 5.09. The summed E-state index contributed by atoms with van der Waals surface area (Å²) in [5.74, 6) is -0.227. The summed E-state index contributed by atoms with van der Waals surface area (Å²) in [6.07, 6.45) is 0. The molecule has 0 unspecified atom stereocenters. The van der Waals surface area contributed by atoms with Crippen LogP contribution in [-0.2, 0) is 17.2 Å². The van der Waals surface area contributed by atoms with Crippen molar-refractivity contribution in [1.29, 1.82) is 0 Å². The minimum Gasteiger partial charge on any atom is -0.744 e. The van der Waals surface area contributed by atoms with Crippen molar-refractivity contribution in [2.24, 2.45) is 7.05 Å². The first-order valence-corrected chi connectivity index (χ1v) is 14.5. The van der Waals surface area contributed by atoms with Crippen LogP contribution >= 0.6 is 0 Å². The van der Waals surface area contributed by atoms with Crippen molar-refractivity contribution in [3.8, 4) is 16.9 Å². The second kappa shape index (κ2) is 12.0. The lowest BCUT2D eigenvalue weighted by atomic mass is 9.92. The van der Waals surface area contributed by atoms with Crippen molar-refractivity contribution < 1.29 is 27.8 Å². The van der Waals surface area contributed by atoms with Crippen molar-refractivity contribution >= 4 is 37.6 Å². The topological polar surface area (TPSA) is 105 Å². The number of likely N-dealkylation sites (N-methyl/N-ethyl adjacent to an activating group) is 1. The second-order valence-corrected chi connectivity index (χ2v) is 11.0. The van der Waals surface area contributed by atoms with Crippen LogP contribution in [0.5, 0.6) is 5.75 Å². The Balaban J connectivity index is 0.000000259. The summed E-state index contributed by atoms with van der Waals surface area (Å²) in [6, 6.07) is 27.5. The Bertz CT molecular complexity index is 1730. The molecule has 0 aliphatic rings. The molecule has 0 amide bonds. The van der Waals surface area contributed by atoms with Gasteiger partial charge in [-0.3, -0.25) is 0 Å². The van der Waals surface area contributed by atoms with Gasteiger partial charge in [-0.15, -0.1) is 0 Å². The SMILES string of the molecule is CCN(CCO)c1ccc(-c2c3ccccc3[n+](C)c3ccccc23)c(C)c1.Cc1ccc(O)cc1S(=O)(=O)[O-]. The molecular weight excluding hydrogens is 524 g/mol. The van der Waals surface area contributed by atoms with Gasteiger partial charge in [0.15, 0.2) is 0 Å². The third-order valence-electron chi connectivity index (χ3n) is 7.11. The minimum atomic E-state index is -4.47. The fraction of sp³-hybridized carbons (Fsp3) is 0.219. The molecule has 0 aliphatic carbocycles. The van der Waals surface area contributed by atoms with Gasteiger partial charge in [0, 0.05) is 36.5 Å². The molecule has 0 atom stereocenters. The van der Waals surface area contributed by atoms with E-state index in [9.17, 15) is 18.1 Å². The number of aliphatic hydroxyl groups is 1. The molecule has 0 aliphatic heterocycles. The van der Waals surface area contributed by atoms with Crippen LogP contribution < -0.4 is 9.47 Å². The van der Waals surface area contributed by atoms with Gasteiger partial charge in [0.1, 0.15) is 22.9 Å². The van der Waals surface area contributed by atoms with Gasteiger partial charge < -0.3 is 19.7 Å². The number of aromatic hydroxyl groups is 1. The van der Waals surface area contributed by atoms with Crippen LogP contribution in [0.3, 0.4) is 0 Å². The third-order valence-corrected chi connectivity index (χ3v) is 8.09. The van der Waals surface area contributed by atoms with Gasteiger partial charge in [0.25, 0.3) is 0 Å². The van der Waals surface area contributed by atoms with E-state index in [-0.39, 0.29) is 17.3 Å². The molecular formula is C32H34N2O5S. The van der Waals surface area contributed by atoms with Crippen LogP contribution in [0.1, 0.15) is 18.1 Å². The maximum Gasteiger partial charge on any atom is 0.213 e. The number of aliphatic hydroxyl groups excluding tert-OH is 1. The Hall–Kier alpha value is -3.98. The number of aromatic nitrogens is 1. The van der Waals surface area contributed by atoms with Crippen molar-refractivity contribution in [2.45, 2.75) is 25.7 Å². The predicted octanol–water partition coefficient (Wildman–Crippen LogP) is 5.22. The quantitative estimate of drug-likeness (QED) is 0.168. The van der Waals surface area contributed by atoms with E-state index in [0.29, 0.717) is 12.1 Å². The Morgan fingerprint density at radius 3 is 1.95 bits per heavy atom. The van der Waals surface area contributed by atoms with Crippen molar-refractivity contribution in [3.63, 3.8) is 0 Å². The summed E-state index contributed by atoms with van der Waals surface area (Å²) in [5, 5.41) is 20.8. The van der Waals surface area contributed by atoms with Gasteiger partial charge in [0.2, 0.25) is 11.0 Å². The average Bonchev–Trinajstić information content (AvgIpc) is 2.94. The number of pyridine rings is 1. The minimum absolute atomic E-state index is 0.166. The zero-order valence-electron chi connectivity index (χ0n) is 23.1. The Morgan fingerprint density at radius 1 is 0.850 bits per heavy atom. The summed E-state index contributed by atoms with van der Waals surface area (Å²) in [7, 11) is -2.33. The molecule has 0 saturated heterocycles. The standard InChI is InChI=1S/C25H27N2O.C7H8O4S/c1-4-27(15-16-28)19-13-14-20(18(2)17-19)25-21-9-5-7-11-23(21)26(3)24-12-8-6-10-22(24)25;1-5-2-3-6(8)4-7(5)12(9,10)11/h5-14,17,28H,4,15-16H2,1-3H3;2-4,8H,1H3,(H,9,10,11)/q+1;/p-1. The van der Waals surface area contributed by atoms with Crippen LogP contribution in [0.2, 0.25) is 0 Å². The zero-order valence-corrected chi connectivity index (χ0v) is 23.9. The number of hydrogen-bond acceptors (Lipinski definition) is 6. The number of nitrogens with zero attached hydrogens (tertiary/aromatic N) is 2. The van der Waals surface area contributed by atoms with E-state index in [4.69, 9.17) is 5.11 Å². The molecule has 7 nitrogen and oxygen atoms in total. The number of fused-ring (bicyclic) bond motifs is 2. The normalized spacial score (nSPS) is 11.3. The summed E-state index contributed by atoms with van der Waals surface area (Å²) in [6.45, 7) is 7.50. The largest absolute Gasteiger partial charge is 0.744 e. The predicted molar refractivity (Wildman–Crippen MR) is 159 cm³/mol. The Labute approximate surface area is 235 Å². The Morgan fingerprint density at radius 2 is 1.45 bits per heavy atom. The molecule has 0 fully saturated rings. The number of benzene rings is 4. The van der Waals surface area contributed by atoms with Crippen LogP contribution in [0.15, 0.2) is 89.8 Å². The van der Waals surface area contributed by atoms with Gasteiger partial charge in [-0.05, 0) is 73.9 Å². The smallest absolute Gasteiger partial charge is 0.213 e. The van der Waals surface area contributed by atoms with E-state index in [1.807, 2.05) is 0 Å². The van der Waals surface area contributed by atoms with E-state index in [0.717, 1.165) is 18.3 Å². The molecule has 5 aromatic rings. The van der Waals surface area contributed by atoms with Crippen molar-refractivity contribution in [3.05, 3.63) is 96.1 Å². The third kappa shape index (κ3) is 5.94. The summed E-state index contributed by atoms with van der Waals surface area (Å²) >= 11 is 0. The molecule has 0 spiro atoms. The zero-order chi connectivity index (χ0) is 29.0. The molecule has 0 radical (unpaired) electrons. The van der Waals surface area contributed by atoms with E-state index in [1.165, 1.54) is 57.6 Å². The molecule has 1 aromatic heterocycles. The molecule has 0 saturated carbocycles. The van der Waals surface area contributed by atoms with Gasteiger partial charge in [-0.2, -0.15) is 4.57 Å². The Kier molecular flexibility index (Phi) is 8.73. The average molecular weight is 559 g/mol. The van der Waals surface area contributed by atoms with Crippen molar-refractivity contribution in [2.75, 3.05) is 24.6 Å². The van der Waals surface area contributed by atoms with Crippen LogP contribution in [0, 0.1) is 13.8 Å². The van der Waals surface area contributed by atoms with E-state index in [2.05, 4.69) is 97.1 Å². The number of phenolic OH excluding ortho intramolecular Hbond substituents is 1. The van der Waals surface area contributed by atoms with E-state index >= 15 is 0 Å². The summed E-state index contributed by atoms with van der Waals surface area (Å²) in [4.78, 5) is 1.83. The molecule has 208 valence electrons. The maximum atomic E-state index is 10.5. The van der Waals surface area contributed by atoms with E-state index < -0.39 is 10.1 Å². The van der Waals surface area contributed by atoms with Crippen LogP contribution in [0.4, 0.5) is 5.69 Å². The number of para-hydroxylation sites is 2. The number of hydrogen-bond donors (Lipinski definition) is 2.